The van der Waals surface area contributed by atoms with Crippen molar-refractivity contribution in [1.29, 1.82) is 0 Å². The van der Waals surface area contributed by atoms with E-state index >= 15 is 0 Å². The van der Waals surface area contributed by atoms with E-state index in [1.807, 2.05) is 6.08 Å². The summed E-state index contributed by atoms with van der Waals surface area (Å²) in [5.74, 6) is -0.235. The number of ether oxygens (including phenoxy) is 3. The number of hydrogen-bond acceptors (Lipinski definition) is 8. The fourth-order valence-electron chi connectivity index (χ4n) is 8.03. The smallest absolute Gasteiger partial charge is 0.235 e. The van der Waals surface area contributed by atoms with Crippen molar-refractivity contribution in [3.63, 3.8) is 0 Å². The van der Waals surface area contributed by atoms with E-state index in [0.29, 0.717) is 19.3 Å². The fraction of sp³-hybridized carbons (Fsp3) is 0.750. The third kappa shape index (κ3) is 4.52. The van der Waals surface area contributed by atoms with E-state index in [0.717, 1.165) is 31.3 Å². The van der Waals surface area contributed by atoms with E-state index in [2.05, 4.69) is 19.2 Å². The zero-order valence-electron chi connectivity index (χ0n) is 21.8. The molecule has 204 valence electrons. The predicted octanol–water partition coefficient (Wildman–Crippen LogP) is 1.77. The van der Waals surface area contributed by atoms with Gasteiger partial charge in [0.25, 0.3) is 0 Å². The van der Waals surface area contributed by atoms with E-state index in [4.69, 9.17) is 19.9 Å². The molecule has 37 heavy (non-hydrogen) atoms. The number of nitrogens with two attached hydrogens (primary N) is 1. The summed E-state index contributed by atoms with van der Waals surface area (Å²) in [6.45, 7) is 3.72. The van der Waals surface area contributed by atoms with Crippen LogP contribution in [0.15, 0.2) is 23.8 Å². The van der Waals surface area contributed by atoms with Gasteiger partial charge in [-0.25, -0.2) is 0 Å². The highest BCUT2D eigenvalue weighted by Gasteiger charge is 2.65. The molecule has 2 bridgehead atoms. The molecule has 0 aromatic rings. The Morgan fingerprint density at radius 1 is 1.30 bits per heavy atom. The molecule has 9 atom stereocenters. The van der Waals surface area contributed by atoms with Gasteiger partial charge >= 0.3 is 0 Å². The van der Waals surface area contributed by atoms with Gasteiger partial charge in [0.15, 0.2) is 23.5 Å². The lowest BCUT2D eigenvalue weighted by molar-refractivity contribution is -0.166. The molecule has 4 fully saturated rings. The highest BCUT2D eigenvalue weighted by Crippen LogP contribution is 2.61. The zero-order valence-corrected chi connectivity index (χ0v) is 21.8. The van der Waals surface area contributed by atoms with Crippen LogP contribution >= 0.6 is 0 Å². The highest BCUT2D eigenvalue weighted by molar-refractivity contribution is 6.01. The summed E-state index contributed by atoms with van der Waals surface area (Å²) in [6, 6.07) is 0. The molecule has 5 aliphatic rings. The second-order valence-electron chi connectivity index (χ2n) is 11.6. The van der Waals surface area contributed by atoms with Gasteiger partial charge in [0.2, 0.25) is 5.91 Å². The number of allylic oxidation sites excluding steroid dienone is 4. The van der Waals surface area contributed by atoms with Gasteiger partial charge in [0.05, 0.1) is 18.8 Å². The number of aliphatic hydroxyl groups is 1. The number of hydrogen-bond donors (Lipinski definition) is 3. The summed E-state index contributed by atoms with van der Waals surface area (Å²) >= 11 is 0. The molecular formula is C28H40N2O7. The number of rotatable bonds is 8. The number of carbonyl (C=O) groups excluding carboxylic acids is 3. The molecule has 0 spiro atoms. The molecule has 0 aromatic heterocycles. The van der Waals surface area contributed by atoms with Crippen LogP contribution in [0.25, 0.3) is 0 Å². The number of nitrogens with one attached hydrogen (secondary N) is 1. The molecule has 0 aromatic carbocycles. The average Bonchev–Trinajstić information content (AvgIpc) is 3.19. The van der Waals surface area contributed by atoms with E-state index in [1.165, 1.54) is 0 Å². The minimum absolute atomic E-state index is 0.0123. The first-order valence-electron chi connectivity index (χ1n) is 13.8. The molecule has 4 aliphatic carbocycles. The van der Waals surface area contributed by atoms with Crippen molar-refractivity contribution in [3.05, 3.63) is 23.8 Å². The second kappa shape index (κ2) is 10.3. The molecule has 1 aliphatic heterocycles. The van der Waals surface area contributed by atoms with Crippen LogP contribution in [-0.2, 0) is 28.6 Å². The molecule has 4 N–H and O–H groups in total. The van der Waals surface area contributed by atoms with Crippen LogP contribution in [0.4, 0.5) is 0 Å². The molecule has 9 nitrogen and oxygen atoms in total. The van der Waals surface area contributed by atoms with Crippen LogP contribution in [0, 0.1) is 29.1 Å². The number of carbonyl (C=O) groups is 3. The van der Waals surface area contributed by atoms with Crippen LogP contribution in [-0.4, -0.2) is 66.6 Å². The molecule has 0 radical (unpaired) electrons. The number of ketones is 2. The third-order valence-corrected chi connectivity index (χ3v) is 9.63. The third-order valence-electron chi connectivity index (χ3n) is 9.63. The fourth-order valence-corrected chi connectivity index (χ4v) is 8.03. The SMILES string of the molecule is CCCC1O[C@@H]2CC3C[C@@H](C[C@H](O)[C@H]4[C@H]3CCC3=CC(=O)C=C[C@@]34C)[C@]2(C(=O)COCNC(=O)CN)O1. The first kappa shape index (κ1) is 26.7. The normalized spacial score (nSPS) is 42.2. The van der Waals surface area contributed by atoms with Gasteiger partial charge in [-0.2, -0.15) is 0 Å². The average molecular weight is 517 g/mol. The van der Waals surface area contributed by atoms with Gasteiger partial charge < -0.3 is 30.4 Å². The Labute approximate surface area is 218 Å². The summed E-state index contributed by atoms with van der Waals surface area (Å²) in [5.41, 5.74) is 4.86. The molecule has 1 saturated heterocycles. The van der Waals surface area contributed by atoms with E-state index in [-0.39, 0.29) is 66.4 Å². The first-order valence-corrected chi connectivity index (χ1v) is 13.8. The second-order valence-corrected chi connectivity index (χ2v) is 11.6. The molecule has 5 rings (SSSR count). The number of Topliss-reactive ketones (excluding diaryl/α,β-unsaturated/α-hetero) is 1. The lowest BCUT2D eigenvalue weighted by Gasteiger charge is -2.51. The molecule has 1 heterocycles. The Morgan fingerprint density at radius 3 is 2.86 bits per heavy atom. The van der Waals surface area contributed by atoms with Gasteiger partial charge in [-0.15, -0.1) is 0 Å². The van der Waals surface area contributed by atoms with Gasteiger partial charge in [0.1, 0.15) is 13.3 Å². The largest absolute Gasteiger partial charge is 0.393 e. The van der Waals surface area contributed by atoms with Gasteiger partial charge in [-0.1, -0.05) is 31.9 Å². The maximum Gasteiger partial charge on any atom is 0.235 e. The standard InChI is InChI=1S/C28H40N2O7/c1-3-4-25-36-23-10-16-9-18(28(23,37-25)22(33)14-35-15-30-24(34)13-29)12-21(32)26-20(16)6-5-17-11-19(31)7-8-27(17,26)2/h7-8,11,16,18,20-21,23,25-26,32H,3-6,9-10,12-15,29H2,1-2H3,(H,30,34)/t16?,18-,20-,21-,23+,25?,26+,27-,28+/m0/s1. The monoisotopic (exact) mass is 516 g/mol. The first-order chi connectivity index (χ1) is 17.7. The molecular weight excluding hydrogens is 476 g/mol. The zero-order chi connectivity index (χ0) is 26.4. The Hall–Kier alpha value is -1.91. The summed E-state index contributed by atoms with van der Waals surface area (Å²) in [7, 11) is 0. The van der Waals surface area contributed by atoms with Gasteiger partial charge in [0, 0.05) is 17.3 Å². The van der Waals surface area contributed by atoms with Crippen molar-refractivity contribution in [2.45, 2.75) is 82.9 Å². The summed E-state index contributed by atoms with van der Waals surface area (Å²) in [6.07, 6.45) is 9.09. The number of aliphatic hydroxyl groups excluding tert-OH is 1. The summed E-state index contributed by atoms with van der Waals surface area (Å²) in [5, 5.41) is 14.3. The van der Waals surface area contributed by atoms with Crippen molar-refractivity contribution in [1.82, 2.24) is 5.32 Å². The Bertz CT molecular complexity index is 995. The van der Waals surface area contributed by atoms with Crippen molar-refractivity contribution in [2.75, 3.05) is 19.9 Å². The van der Waals surface area contributed by atoms with Crippen LogP contribution < -0.4 is 11.1 Å². The summed E-state index contributed by atoms with van der Waals surface area (Å²) in [4.78, 5) is 37.4. The van der Waals surface area contributed by atoms with Crippen molar-refractivity contribution < 1.29 is 33.7 Å². The molecule has 2 unspecified atom stereocenters. The maximum atomic E-state index is 13.8. The number of fused-ring (bicyclic) bond motifs is 8. The Morgan fingerprint density at radius 2 is 2.11 bits per heavy atom. The van der Waals surface area contributed by atoms with E-state index in [9.17, 15) is 19.5 Å². The van der Waals surface area contributed by atoms with Crippen molar-refractivity contribution in [3.8, 4) is 0 Å². The lowest BCUT2D eigenvalue weighted by atomic mass is 9.54. The Kier molecular flexibility index (Phi) is 7.46. The van der Waals surface area contributed by atoms with E-state index in [1.54, 1.807) is 12.2 Å². The quantitative estimate of drug-likeness (QED) is 0.328. The summed E-state index contributed by atoms with van der Waals surface area (Å²) < 4.78 is 18.4. The van der Waals surface area contributed by atoms with Gasteiger partial charge in [-0.3, -0.25) is 14.4 Å². The lowest BCUT2D eigenvalue weighted by Crippen LogP contribution is -2.59. The van der Waals surface area contributed by atoms with Crippen LogP contribution in [0.2, 0.25) is 0 Å². The van der Waals surface area contributed by atoms with Gasteiger partial charge in [-0.05, 0) is 62.5 Å². The molecule has 9 heteroatoms. The minimum Gasteiger partial charge on any atom is -0.393 e. The minimum atomic E-state index is -1.18. The van der Waals surface area contributed by atoms with Crippen LogP contribution in [0.1, 0.15) is 58.8 Å². The van der Waals surface area contributed by atoms with Crippen molar-refractivity contribution >= 4 is 17.5 Å². The predicted molar refractivity (Wildman–Crippen MR) is 134 cm³/mol. The Balaban J connectivity index is 1.42. The molecule has 3 saturated carbocycles. The number of amides is 1. The maximum absolute atomic E-state index is 13.8. The highest BCUT2D eigenvalue weighted by atomic mass is 16.7. The van der Waals surface area contributed by atoms with Crippen LogP contribution in [0.5, 0.6) is 0 Å². The van der Waals surface area contributed by atoms with Crippen molar-refractivity contribution in [2.24, 2.45) is 34.8 Å². The van der Waals surface area contributed by atoms with Crippen LogP contribution in [0.3, 0.4) is 0 Å². The topological polar surface area (TPSA) is 137 Å². The van der Waals surface area contributed by atoms with E-state index < -0.39 is 24.1 Å². The molecule has 1 amide bonds.